The lowest BCUT2D eigenvalue weighted by atomic mass is 10.1. The third kappa shape index (κ3) is 5.50. The number of nitrogens with zero attached hydrogens (tertiary/aromatic N) is 1. The van der Waals surface area contributed by atoms with Crippen molar-refractivity contribution < 1.29 is 14.4 Å². The van der Waals surface area contributed by atoms with E-state index in [1.54, 1.807) is 6.92 Å². The van der Waals surface area contributed by atoms with Crippen LogP contribution in [-0.4, -0.2) is 24.0 Å². The van der Waals surface area contributed by atoms with Gasteiger partial charge in [0.15, 0.2) is 0 Å². The van der Waals surface area contributed by atoms with Crippen LogP contribution in [0.1, 0.15) is 19.4 Å². The molecule has 0 spiro atoms. The highest BCUT2D eigenvalue weighted by atomic mass is 16.7. The number of carbonyl (C=O) groups is 2. The Bertz CT molecular complexity index is 496. The van der Waals surface area contributed by atoms with Gasteiger partial charge in [-0.3, -0.25) is 9.59 Å². The summed E-state index contributed by atoms with van der Waals surface area (Å²) in [6.07, 6.45) is 0.345. The summed E-state index contributed by atoms with van der Waals surface area (Å²) in [5.74, 6) is -0.937. The topological polar surface area (TPSA) is 91.2 Å². The molecule has 1 aromatic rings. The fourth-order valence-corrected chi connectivity index (χ4v) is 1.54. The first kappa shape index (κ1) is 15.7. The van der Waals surface area contributed by atoms with Crippen LogP contribution in [0.25, 0.3) is 0 Å². The minimum atomic E-state index is -0.753. The van der Waals surface area contributed by atoms with Crippen molar-refractivity contribution in [3.05, 3.63) is 35.9 Å². The third-order valence-electron chi connectivity index (χ3n) is 2.50. The average molecular weight is 275 g/mol. The van der Waals surface area contributed by atoms with E-state index >= 15 is 0 Å². The van der Waals surface area contributed by atoms with Crippen molar-refractivity contribution in [2.24, 2.45) is 0 Å². The number of amides is 1. The number of benzene rings is 1. The molecule has 0 radical (unpaired) electrons. The molecule has 0 fully saturated rings. The van der Waals surface area contributed by atoms with Gasteiger partial charge in [0.2, 0.25) is 5.91 Å². The lowest BCUT2D eigenvalue weighted by Gasteiger charge is -2.18. The molecule has 0 aliphatic carbocycles. The van der Waals surface area contributed by atoms with Gasteiger partial charge >= 0.3 is 5.97 Å². The maximum Gasteiger partial charge on any atom is 0.321 e. The number of nitrogens with one attached hydrogen (secondary N) is 2. The van der Waals surface area contributed by atoms with Crippen LogP contribution < -0.4 is 10.8 Å². The van der Waals surface area contributed by atoms with E-state index in [0.29, 0.717) is 6.42 Å². The molecule has 0 heterocycles. The Kier molecular flexibility index (Phi) is 6.20. The van der Waals surface area contributed by atoms with Gasteiger partial charge in [-0.2, -0.15) is 5.26 Å². The van der Waals surface area contributed by atoms with E-state index in [2.05, 4.69) is 15.6 Å². The average Bonchev–Trinajstić information content (AvgIpc) is 2.44. The molecular formula is C14H17N3O3. The van der Waals surface area contributed by atoms with E-state index in [-0.39, 0.29) is 0 Å². The van der Waals surface area contributed by atoms with E-state index in [1.807, 2.05) is 36.4 Å². The number of nitriles is 1. The van der Waals surface area contributed by atoms with E-state index in [1.165, 1.54) is 6.92 Å². The summed E-state index contributed by atoms with van der Waals surface area (Å²) in [4.78, 5) is 27.5. The van der Waals surface area contributed by atoms with Crippen LogP contribution in [0.3, 0.4) is 0 Å². The van der Waals surface area contributed by atoms with Gasteiger partial charge in [-0.25, -0.2) is 0 Å². The van der Waals surface area contributed by atoms with Crippen LogP contribution in [-0.2, 0) is 20.8 Å². The smallest absolute Gasteiger partial charge is 0.321 e. The van der Waals surface area contributed by atoms with Crippen LogP contribution in [0.15, 0.2) is 30.3 Å². The van der Waals surface area contributed by atoms with Crippen LogP contribution >= 0.6 is 0 Å². The van der Waals surface area contributed by atoms with Crippen LogP contribution in [0.5, 0.6) is 0 Å². The highest BCUT2D eigenvalue weighted by Crippen LogP contribution is 2.04. The first-order chi connectivity index (χ1) is 9.52. The van der Waals surface area contributed by atoms with E-state index in [9.17, 15) is 9.59 Å². The Morgan fingerprint density at radius 2 is 2.00 bits per heavy atom. The van der Waals surface area contributed by atoms with Crippen molar-refractivity contribution in [3.8, 4) is 6.07 Å². The molecule has 0 saturated heterocycles. The summed E-state index contributed by atoms with van der Waals surface area (Å²) >= 11 is 0. The Morgan fingerprint density at radius 3 is 2.55 bits per heavy atom. The maximum absolute atomic E-state index is 12.0. The summed E-state index contributed by atoms with van der Waals surface area (Å²) < 4.78 is 0. The van der Waals surface area contributed by atoms with Crippen molar-refractivity contribution in [2.45, 2.75) is 32.4 Å². The van der Waals surface area contributed by atoms with Gasteiger partial charge in [-0.05, 0) is 18.9 Å². The Hall–Kier alpha value is -2.39. The number of hydroxylamine groups is 1. The molecule has 1 aromatic carbocycles. The summed E-state index contributed by atoms with van der Waals surface area (Å²) in [6.45, 7) is 2.81. The van der Waals surface area contributed by atoms with Gasteiger partial charge in [0, 0.05) is 6.92 Å². The number of carbonyl (C=O) groups excluding carboxylic acids is 2. The number of rotatable bonds is 6. The third-order valence-corrected chi connectivity index (χ3v) is 2.50. The fraction of sp³-hybridized carbons (Fsp3) is 0.357. The maximum atomic E-state index is 12.0. The molecule has 0 aromatic heterocycles. The van der Waals surface area contributed by atoms with Gasteiger partial charge in [0.25, 0.3) is 0 Å². The van der Waals surface area contributed by atoms with Gasteiger partial charge in [0.05, 0.1) is 6.07 Å². The summed E-state index contributed by atoms with van der Waals surface area (Å²) in [5, 5.41) is 11.2. The Labute approximate surface area is 117 Å². The SMILES string of the molecule is CC(=O)ON[C@@H](Cc1ccccc1)C(=O)N[C@@H](C)C#N. The highest BCUT2D eigenvalue weighted by Gasteiger charge is 2.21. The van der Waals surface area contributed by atoms with E-state index in [4.69, 9.17) is 5.26 Å². The van der Waals surface area contributed by atoms with Crippen molar-refractivity contribution in [2.75, 3.05) is 0 Å². The van der Waals surface area contributed by atoms with Gasteiger partial charge < -0.3 is 10.2 Å². The monoisotopic (exact) mass is 275 g/mol. The van der Waals surface area contributed by atoms with Crippen molar-refractivity contribution in [1.29, 1.82) is 5.26 Å². The van der Waals surface area contributed by atoms with Gasteiger partial charge in [-0.1, -0.05) is 30.3 Å². The number of hydrogen-bond donors (Lipinski definition) is 2. The lowest BCUT2D eigenvalue weighted by Crippen LogP contribution is -2.48. The van der Waals surface area contributed by atoms with E-state index in [0.717, 1.165) is 5.56 Å². The zero-order valence-electron chi connectivity index (χ0n) is 11.4. The quantitative estimate of drug-likeness (QED) is 0.745. The predicted octanol–water partition coefficient (Wildman–Crippen LogP) is 0.694. The molecular weight excluding hydrogens is 258 g/mol. The van der Waals surface area contributed by atoms with Gasteiger partial charge in [0.1, 0.15) is 12.1 Å². The minimum absolute atomic E-state index is 0.345. The molecule has 6 nitrogen and oxygen atoms in total. The van der Waals surface area contributed by atoms with Crippen molar-refractivity contribution >= 4 is 11.9 Å². The second-order valence-electron chi connectivity index (χ2n) is 4.31. The Balaban J connectivity index is 2.71. The molecule has 0 bridgehead atoms. The first-order valence-electron chi connectivity index (χ1n) is 6.19. The second-order valence-corrected chi connectivity index (χ2v) is 4.31. The Morgan fingerprint density at radius 1 is 1.35 bits per heavy atom. The van der Waals surface area contributed by atoms with Gasteiger partial charge in [-0.15, -0.1) is 5.48 Å². The zero-order chi connectivity index (χ0) is 15.0. The van der Waals surface area contributed by atoms with E-state index < -0.39 is 24.0 Å². The largest absolute Gasteiger partial charge is 0.370 e. The zero-order valence-corrected chi connectivity index (χ0v) is 11.4. The first-order valence-corrected chi connectivity index (χ1v) is 6.19. The summed E-state index contributed by atoms with van der Waals surface area (Å²) in [6, 6.07) is 9.86. The molecule has 0 saturated carbocycles. The molecule has 2 atom stereocenters. The highest BCUT2D eigenvalue weighted by molar-refractivity contribution is 5.82. The molecule has 6 heteroatoms. The second kappa shape index (κ2) is 7.92. The predicted molar refractivity (Wildman–Crippen MR) is 72.1 cm³/mol. The summed E-state index contributed by atoms with van der Waals surface area (Å²) in [7, 11) is 0. The molecule has 1 rings (SSSR count). The molecule has 0 aliphatic rings. The molecule has 0 unspecified atom stereocenters. The molecule has 20 heavy (non-hydrogen) atoms. The normalized spacial score (nSPS) is 12.8. The molecule has 1 amide bonds. The molecule has 106 valence electrons. The molecule has 2 N–H and O–H groups in total. The number of hydrogen-bond acceptors (Lipinski definition) is 5. The minimum Gasteiger partial charge on any atom is -0.370 e. The van der Waals surface area contributed by atoms with Crippen LogP contribution in [0.4, 0.5) is 0 Å². The van der Waals surface area contributed by atoms with Crippen molar-refractivity contribution in [1.82, 2.24) is 10.8 Å². The molecule has 0 aliphatic heterocycles. The summed E-state index contributed by atoms with van der Waals surface area (Å²) in [5.41, 5.74) is 3.34. The standard InChI is InChI=1S/C14H17N3O3/c1-10(9-15)16-14(19)13(17-20-11(2)18)8-12-6-4-3-5-7-12/h3-7,10,13,17H,8H2,1-2H3,(H,16,19)/t10-,13-/m0/s1. The van der Waals surface area contributed by atoms with Crippen molar-refractivity contribution in [3.63, 3.8) is 0 Å². The lowest BCUT2D eigenvalue weighted by molar-refractivity contribution is -0.152. The van der Waals surface area contributed by atoms with Crippen LogP contribution in [0.2, 0.25) is 0 Å². The fourth-order valence-electron chi connectivity index (χ4n) is 1.54. The van der Waals surface area contributed by atoms with Crippen LogP contribution in [0, 0.1) is 11.3 Å².